The predicted octanol–water partition coefficient (Wildman–Crippen LogP) is 3.97. The van der Waals surface area contributed by atoms with Crippen LogP contribution in [0, 0.1) is 19.7 Å². The number of ether oxygens (including phenoxy) is 2. The fraction of sp³-hybridized carbons (Fsp3) is 0.545. The number of amides is 1. The number of rotatable bonds is 9. The summed E-state index contributed by atoms with van der Waals surface area (Å²) in [6.07, 6.45) is 2.36. The highest BCUT2D eigenvalue weighted by molar-refractivity contribution is 7.99. The number of hydrogen-bond acceptors (Lipinski definition) is 5. The zero-order chi connectivity index (χ0) is 21.7. The first-order valence-electron chi connectivity index (χ1n) is 10.3. The van der Waals surface area contributed by atoms with Crippen LogP contribution in [0.2, 0.25) is 0 Å². The molecule has 6 nitrogen and oxygen atoms in total. The topological polar surface area (TPSA) is 56.6 Å². The number of methoxy groups -OCH3 is 1. The lowest BCUT2D eigenvalue weighted by atomic mass is 10.2. The van der Waals surface area contributed by atoms with Gasteiger partial charge in [0.15, 0.2) is 16.7 Å². The second kappa shape index (κ2) is 10.3. The molecular formula is C22H30FN3O3S. The van der Waals surface area contributed by atoms with Crippen LogP contribution in [0.5, 0.6) is 5.75 Å². The number of benzene rings is 1. The molecule has 30 heavy (non-hydrogen) atoms. The van der Waals surface area contributed by atoms with E-state index in [1.165, 1.54) is 24.9 Å². The first-order chi connectivity index (χ1) is 14.4. The Kier molecular flexibility index (Phi) is 7.77. The molecule has 0 saturated carbocycles. The van der Waals surface area contributed by atoms with Crippen molar-refractivity contribution in [1.29, 1.82) is 0 Å². The van der Waals surface area contributed by atoms with Crippen LogP contribution in [0.1, 0.15) is 36.7 Å². The number of carbonyl (C=O) groups is 1. The Balaban J connectivity index is 1.63. The van der Waals surface area contributed by atoms with E-state index in [4.69, 9.17) is 9.47 Å². The number of aryl methyl sites for hydroxylation is 1. The standard InChI is InChI=1S/C22H30FN3O3S/c1-5-25(12-17-8-9-20(28-4)19(23)11-17)21(27)14-30-22-24-15(2)16(3)26(22)13-18-7-6-10-29-18/h8-9,11,18H,5-7,10,12-14H2,1-4H3. The highest BCUT2D eigenvalue weighted by Gasteiger charge is 2.21. The zero-order valence-electron chi connectivity index (χ0n) is 18.1. The highest BCUT2D eigenvalue weighted by atomic mass is 32.2. The van der Waals surface area contributed by atoms with E-state index in [-0.39, 0.29) is 23.5 Å². The predicted molar refractivity (Wildman–Crippen MR) is 115 cm³/mol. The Morgan fingerprint density at radius 3 is 2.87 bits per heavy atom. The quantitative estimate of drug-likeness (QED) is 0.558. The van der Waals surface area contributed by atoms with Gasteiger partial charge in [0, 0.05) is 25.4 Å². The summed E-state index contributed by atoms with van der Waals surface area (Å²) in [5, 5.41) is 0.848. The SMILES string of the molecule is CCN(Cc1ccc(OC)c(F)c1)C(=O)CSc1nc(C)c(C)n1CC1CCCO1. The molecule has 0 spiro atoms. The minimum Gasteiger partial charge on any atom is -0.494 e. The van der Waals surface area contributed by atoms with Gasteiger partial charge in [-0.25, -0.2) is 9.37 Å². The van der Waals surface area contributed by atoms with E-state index in [9.17, 15) is 9.18 Å². The molecular weight excluding hydrogens is 405 g/mol. The Morgan fingerprint density at radius 2 is 2.23 bits per heavy atom. The maximum atomic E-state index is 14.0. The van der Waals surface area contributed by atoms with Gasteiger partial charge >= 0.3 is 0 Å². The molecule has 0 aliphatic carbocycles. The summed E-state index contributed by atoms with van der Waals surface area (Å²) in [6, 6.07) is 4.79. The van der Waals surface area contributed by atoms with Crippen LogP contribution in [-0.2, 0) is 22.6 Å². The molecule has 2 aromatic rings. The lowest BCUT2D eigenvalue weighted by molar-refractivity contribution is -0.128. The van der Waals surface area contributed by atoms with Crippen LogP contribution >= 0.6 is 11.8 Å². The Morgan fingerprint density at radius 1 is 1.43 bits per heavy atom. The molecule has 0 radical (unpaired) electrons. The van der Waals surface area contributed by atoms with Crippen LogP contribution in [0.4, 0.5) is 4.39 Å². The molecule has 0 N–H and O–H groups in total. The summed E-state index contributed by atoms with van der Waals surface area (Å²) in [5.74, 6) is 0.0663. The fourth-order valence-corrected chi connectivity index (χ4v) is 4.57. The average molecular weight is 436 g/mol. The Hall–Kier alpha value is -2.06. The van der Waals surface area contributed by atoms with Crippen molar-refractivity contribution in [1.82, 2.24) is 14.5 Å². The molecule has 2 heterocycles. The Bertz CT molecular complexity index is 881. The van der Waals surface area contributed by atoms with Gasteiger partial charge < -0.3 is 18.9 Å². The maximum Gasteiger partial charge on any atom is 0.233 e. The van der Waals surface area contributed by atoms with E-state index in [1.54, 1.807) is 17.0 Å². The van der Waals surface area contributed by atoms with Crippen molar-refractivity contribution >= 4 is 17.7 Å². The fourth-order valence-electron chi connectivity index (χ4n) is 3.56. The summed E-state index contributed by atoms with van der Waals surface area (Å²) in [6.45, 7) is 8.47. The van der Waals surface area contributed by atoms with Crippen molar-refractivity contribution in [2.24, 2.45) is 0 Å². The third kappa shape index (κ3) is 5.35. The van der Waals surface area contributed by atoms with Gasteiger partial charge in [0.05, 0.1) is 31.2 Å². The third-order valence-electron chi connectivity index (χ3n) is 5.48. The number of thioether (sulfide) groups is 1. The van der Waals surface area contributed by atoms with Gasteiger partial charge in [-0.2, -0.15) is 0 Å². The van der Waals surface area contributed by atoms with Crippen molar-refractivity contribution in [3.05, 3.63) is 41.0 Å². The maximum absolute atomic E-state index is 14.0. The number of aromatic nitrogens is 2. The van der Waals surface area contributed by atoms with E-state index in [1.807, 2.05) is 13.8 Å². The van der Waals surface area contributed by atoms with Gasteiger partial charge in [0.25, 0.3) is 0 Å². The van der Waals surface area contributed by atoms with Gasteiger partial charge in [0.1, 0.15) is 0 Å². The van der Waals surface area contributed by atoms with Crippen LogP contribution < -0.4 is 4.74 Å². The first kappa shape index (κ1) is 22.6. The van der Waals surface area contributed by atoms with Gasteiger partial charge in [-0.3, -0.25) is 4.79 Å². The summed E-state index contributed by atoms with van der Waals surface area (Å²) < 4.78 is 26.9. The first-order valence-corrected chi connectivity index (χ1v) is 11.3. The van der Waals surface area contributed by atoms with Crippen molar-refractivity contribution in [2.45, 2.75) is 58.0 Å². The van der Waals surface area contributed by atoms with Gasteiger partial charge in [-0.1, -0.05) is 17.8 Å². The molecule has 0 bridgehead atoms. The minimum atomic E-state index is -0.421. The molecule has 1 fully saturated rings. The van der Waals surface area contributed by atoms with Crippen LogP contribution in [0.15, 0.2) is 23.4 Å². The second-order valence-corrected chi connectivity index (χ2v) is 8.42. The largest absolute Gasteiger partial charge is 0.494 e. The molecule has 164 valence electrons. The van der Waals surface area contributed by atoms with Crippen molar-refractivity contribution in [3.63, 3.8) is 0 Å². The van der Waals surface area contributed by atoms with Gasteiger partial charge in [0.2, 0.25) is 5.91 Å². The van der Waals surface area contributed by atoms with Crippen LogP contribution in [0.3, 0.4) is 0 Å². The number of carbonyl (C=O) groups excluding carboxylic acids is 1. The van der Waals surface area contributed by atoms with Crippen LogP contribution in [0.25, 0.3) is 0 Å². The van der Waals surface area contributed by atoms with E-state index < -0.39 is 5.82 Å². The molecule has 1 amide bonds. The number of nitrogens with zero attached hydrogens (tertiary/aromatic N) is 3. The van der Waals surface area contributed by atoms with E-state index in [2.05, 4.69) is 16.5 Å². The summed E-state index contributed by atoms with van der Waals surface area (Å²) >= 11 is 1.45. The van der Waals surface area contributed by atoms with Crippen molar-refractivity contribution < 1.29 is 18.7 Å². The normalized spacial score (nSPS) is 16.1. The van der Waals surface area contributed by atoms with E-state index in [0.29, 0.717) is 13.1 Å². The molecule has 1 aromatic heterocycles. The van der Waals surface area contributed by atoms with E-state index in [0.717, 1.165) is 48.1 Å². The van der Waals surface area contributed by atoms with E-state index >= 15 is 0 Å². The second-order valence-electron chi connectivity index (χ2n) is 7.48. The van der Waals surface area contributed by atoms with Crippen molar-refractivity contribution in [2.75, 3.05) is 26.0 Å². The lowest BCUT2D eigenvalue weighted by Crippen LogP contribution is -2.32. The minimum absolute atomic E-state index is 0.000647. The van der Waals surface area contributed by atoms with Gasteiger partial charge in [-0.05, 0) is 51.3 Å². The molecule has 3 rings (SSSR count). The van der Waals surface area contributed by atoms with Crippen LogP contribution in [-0.4, -0.2) is 52.5 Å². The van der Waals surface area contributed by atoms with Gasteiger partial charge in [-0.15, -0.1) is 0 Å². The monoisotopic (exact) mass is 435 g/mol. The highest BCUT2D eigenvalue weighted by Crippen LogP contribution is 2.25. The third-order valence-corrected chi connectivity index (χ3v) is 6.44. The Labute approximate surface area is 181 Å². The average Bonchev–Trinajstić information content (AvgIpc) is 3.34. The molecule has 1 aromatic carbocycles. The molecule has 1 unspecified atom stereocenters. The molecule has 1 aliphatic heterocycles. The summed E-state index contributed by atoms with van der Waals surface area (Å²) in [5.41, 5.74) is 2.82. The molecule has 1 saturated heterocycles. The molecule has 8 heteroatoms. The lowest BCUT2D eigenvalue weighted by Gasteiger charge is -2.21. The summed E-state index contributed by atoms with van der Waals surface area (Å²) in [4.78, 5) is 19.2. The number of halogens is 1. The number of hydrogen-bond donors (Lipinski definition) is 0. The zero-order valence-corrected chi connectivity index (χ0v) is 18.9. The molecule has 1 aliphatic rings. The smallest absolute Gasteiger partial charge is 0.233 e. The van der Waals surface area contributed by atoms with Crippen molar-refractivity contribution in [3.8, 4) is 5.75 Å². The number of imidazole rings is 1. The molecule has 1 atom stereocenters. The summed E-state index contributed by atoms with van der Waals surface area (Å²) in [7, 11) is 1.43.